The van der Waals surface area contributed by atoms with Crippen molar-refractivity contribution >= 4 is 10.8 Å². The van der Waals surface area contributed by atoms with Gasteiger partial charge >= 0.3 is 0 Å². The van der Waals surface area contributed by atoms with Gasteiger partial charge in [-0.3, -0.25) is 0 Å². The van der Waals surface area contributed by atoms with Gasteiger partial charge in [-0.05, 0) is 47.4 Å². The largest absolute Gasteiger partial charge is 1.00 e. The lowest BCUT2D eigenvalue weighted by atomic mass is 9.82. The number of ether oxygens (including phenoxy) is 4. The highest BCUT2D eigenvalue weighted by Crippen LogP contribution is 2.45. The van der Waals surface area contributed by atoms with E-state index >= 15 is 0 Å². The standard InChI is InChI=1S/C34H30NO4.ClH/c1-36-30-14-13-25-28(18-26(22-9-5-3-6-10-22)23-11-7-4-8-12-23)33-27-19-32-31(38-21-39-32)17-24(27)15-16-35(33)20-29(25)34(30)37-2;/h3-14,17,19-20,26H,15-16,18,21H2,1-2H3;1H/q+1;/p-1. The molecule has 0 bridgehead atoms. The molecule has 0 aliphatic carbocycles. The van der Waals surface area contributed by atoms with Crippen molar-refractivity contribution in [2.45, 2.75) is 25.3 Å². The highest BCUT2D eigenvalue weighted by Gasteiger charge is 2.33. The Bertz CT molecular complexity index is 1650. The van der Waals surface area contributed by atoms with Gasteiger partial charge in [0.1, 0.15) is 0 Å². The number of rotatable bonds is 6. The van der Waals surface area contributed by atoms with Gasteiger partial charge in [0, 0.05) is 23.3 Å². The Morgan fingerprint density at radius 1 is 0.800 bits per heavy atom. The number of hydrogen-bond acceptors (Lipinski definition) is 4. The van der Waals surface area contributed by atoms with Crippen LogP contribution in [0.2, 0.25) is 0 Å². The van der Waals surface area contributed by atoms with Crippen molar-refractivity contribution in [2.75, 3.05) is 21.0 Å². The molecule has 0 N–H and O–H groups in total. The van der Waals surface area contributed by atoms with E-state index in [-0.39, 0.29) is 25.1 Å². The maximum Gasteiger partial charge on any atom is 0.231 e. The number of aryl methyl sites for hydroxylation is 2. The van der Waals surface area contributed by atoms with Crippen molar-refractivity contribution in [3.8, 4) is 34.3 Å². The molecule has 202 valence electrons. The Morgan fingerprint density at radius 3 is 2.12 bits per heavy atom. The summed E-state index contributed by atoms with van der Waals surface area (Å²) < 4.78 is 25.6. The number of nitrogens with zero attached hydrogens (tertiary/aromatic N) is 1. The van der Waals surface area contributed by atoms with Crippen LogP contribution in [0.25, 0.3) is 22.0 Å². The predicted molar refractivity (Wildman–Crippen MR) is 151 cm³/mol. The van der Waals surface area contributed by atoms with E-state index in [1.807, 2.05) is 6.07 Å². The van der Waals surface area contributed by atoms with Crippen LogP contribution in [0.1, 0.15) is 28.2 Å². The zero-order valence-corrected chi connectivity index (χ0v) is 23.3. The maximum absolute atomic E-state index is 5.92. The molecule has 0 radical (unpaired) electrons. The molecule has 5 nitrogen and oxygen atoms in total. The lowest BCUT2D eigenvalue weighted by Gasteiger charge is -2.24. The van der Waals surface area contributed by atoms with E-state index in [2.05, 4.69) is 89.6 Å². The average molecular weight is 552 g/mol. The van der Waals surface area contributed by atoms with Crippen LogP contribution in [-0.2, 0) is 19.4 Å². The van der Waals surface area contributed by atoms with Crippen LogP contribution in [0.15, 0.2) is 91.1 Å². The molecule has 0 saturated carbocycles. The Balaban J connectivity index is 0.00000289. The minimum atomic E-state index is 0. The Labute approximate surface area is 240 Å². The van der Waals surface area contributed by atoms with Gasteiger partial charge < -0.3 is 31.4 Å². The van der Waals surface area contributed by atoms with E-state index in [1.165, 1.54) is 38.9 Å². The Hall–Kier alpha value is -4.22. The molecule has 0 spiro atoms. The van der Waals surface area contributed by atoms with Gasteiger partial charge in [0.25, 0.3) is 0 Å². The van der Waals surface area contributed by atoms with E-state index in [4.69, 9.17) is 18.9 Å². The van der Waals surface area contributed by atoms with Crippen molar-refractivity contribution in [1.82, 2.24) is 0 Å². The van der Waals surface area contributed by atoms with E-state index in [0.29, 0.717) is 0 Å². The number of aromatic nitrogens is 1. The van der Waals surface area contributed by atoms with Crippen molar-refractivity contribution in [1.29, 1.82) is 0 Å². The molecule has 2 aliphatic heterocycles. The number of pyridine rings is 1. The smallest absolute Gasteiger partial charge is 0.231 e. The first-order valence-electron chi connectivity index (χ1n) is 13.4. The molecule has 40 heavy (non-hydrogen) atoms. The first-order valence-corrected chi connectivity index (χ1v) is 13.4. The lowest BCUT2D eigenvalue weighted by Crippen LogP contribution is -3.00. The zero-order valence-electron chi connectivity index (χ0n) is 22.5. The molecule has 7 rings (SSSR count). The summed E-state index contributed by atoms with van der Waals surface area (Å²) in [7, 11) is 3.41. The number of halogens is 1. The fraction of sp³-hybridized carbons (Fsp3) is 0.206. The second-order valence-electron chi connectivity index (χ2n) is 10.1. The van der Waals surface area contributed by atoms with Crippen molar-refractivity contribution < 1.29 is 35.9 Å². The lowest BCUT2D eigenvalue weighted by molar-refractivity contribution is -0.686. The molecule has 4 aromatic carbocycles. The highest BCUT2D eigenvalue weighted by molar-refractivity contribution is 5.95. The van der Waals surface area contributed by atoms with Crippen LogP contribution >= 0.6 is 0 Å². The molecule has 2 aliphatic rings. The maximum atomic E-state index is 5.92. The third kappa shape index (κ3) is 4.31. The van der Waals surface area contributed by atoms with Gasteiger partial charge in [0.05, 0.1) is 25.2 Å². The molecule has 0 atom stereocenters. The molecule has 0 saturated heterocycles. The quantitative estimate of drug-likeness (QED) is 0.303. The van der Waals surface area contributed by atoms with Gasteiger partial charge in [-0.15, -0.1) is 0 Å². The zero-order chi connectivity index (χ0) is 26.3. The van der Waals surface area contributed by atoms with E-state index in [0.717, 1.165) is 47.8 Å². The van der Waals surface area contributed by atoms with Crippen LogP contribution in [0.5, 0.6) is 23.0 Å². The summed E-state index contributed by atoms with van der Waals surface area (Å²) in [5.41, 5.74) is 7.59. The third-order valence-corrected chi connectivity index (χ3v) is 8.05. The topological polar surface area (TPSA) is 40.8 Å². The van der Waals surface area contributed by atoms with Crippen molar-refractivity contribution in [2.24, 2.45) is 0 Å². The van der Waals surface area contributed by atoms with Gasteiger partial charge in [-0.25, -0.2) is 0 Å². The number of benzene rings is 4. The molecule has 0 amide bonds. The third-order valence-electron chi connectivity index (χ3n) is 8.05. The van der Waals surface area contributed by atoms with Gasteiger partial charge in [0.15, 0.2) is 35.7 Å². The molecule has 5 aromatic rings. The predicted octanol–water partition coefficient (Wildman–Crippen LogP) is 3.47. The SMILES string of the molecule is COc1ccc2c(CC(c3ccccc3)c3ccccc3)c3[n+](cc2c1OC)CCc1cc2c(cc1-3)OCO2.[Cl-]. The van der Waals surface area contributed by atoms with Crippen LogP contribution < -0.4 is 35.9 Å². The van der Waals surface area contributed by atoms with Crippen LogP contribution in [0.4, 0.5) is 0 Å². The fourth-order valence-corrected chi connectivity index (χ4v) is 6.22. The number of hydrogen-bond donors (Lipinski definition) is 0. The van der Waals surface area contributed by atoms with E-state index in [9.17, 15) is 0 Å². The van der Waals surface area contributed by atoms with Crippen molar-refractivity contribution in [3.63, 3.8) is 0 Å². The molecule has 0 fully saturated rings. The number of methoxy groups -OCH3 is 2. The summed E-state index contributed by atoms with van der Waals surface area (Å²) in [6.45, 7) is 1.14. The Kier molecular flexibility index (Phi) is 6.99. The van der Waals surface area contributed by atoms with Crippen molar-refractivity contribution in [3.05, 3.63) is 113 Å². The summed E-state index contributed by atoms with van der Waals surface area (Å²) >= 11 is 0. The summed E-state index contributed by atoms with van der Waals surface area (Å²) in [4.78, 5) is 0. The summed E-state index contributed by atoms with van der Waals surface area (Å²) in [6, 6.07) is 30.1. The monoisotopic (exact) mass is 551 g/mol. The summed E-state index contributed by atoms with van der Waals surface area (Å²) in [5, 5.41) is 2.22. The molecular formula is C34H30ClNO4. The van der Waals surface area contributed by atoms with E-state index in [1.54, 1.807) is 14.2 Å². The summed E-state index contributed by atoms with van der Waals surface area (Å²) in [5.74, 6) is 3.32. The van der Waals surface area contributed by atoms with Crippen LogP contribution in [-0.4, -0.2) is 21.0 Å². The van der Waals surface area contributed by atoms with Crippen LogP contribution in [0, 0.1) is 0 Å². The van der Waals surface area contributed by atoms with Crippen LogP contribution in [0.3, 0.4) is 0 Å². The highest BCUT2D eigenvalue weighted by atomic mass is 35.5. The first kappa shape index (κ1) is 26.0. The van der Waals surface area contributed by atoms with Gasteiger partial charge in [-0.2, -0.15) is 4.57 Å². The average Bonchev–Trinajstić information content (AvgIpc) is 3.45. The fourth-order valence-electron chi connectivity index (χ4n) is 6.22. The van der Waals surface area contributed by atoms with E-state index < -0.39 is 0 Å². The molecular weight excluding hydrogens is 522 g/mol. The Morgan fingerprint density at radius 2 is 1.48 bits per heavy atom. The second kappa shape index (κ2) is 10.7. The van der Waals surface area contributed by atoms with Gasteiger partial charge in [0.2, 0.25) is 12.5 Å². The van der Waals surface area contributed by atoms with Gasteiger partial charge in [-0.1, -0.05) is 60.7 Å². The first-order chi connectivity index (χ1) is 19.2. The number of fused-ring (bicyclic) bond motifs is 5. The summed E-state index contributed by atoms with van der Waals surface area (Å²) in [6.07, 6.45) is 3.97. The molecule has 3 heterocycles. The molecule has 0 unspecified atom stereocenters. The minimum Gasteiger partial charge on any atom is -1.00 e. The minimum absolute atomic E-state index is 0. The molecule has 1 aromatic heterocycles. The second-order valence-corrected chi connectivity index (χ2v) is 10.1. The molecule has 6 heteroatoms. The normalized spacial score (nSPS) is 13.0.